The normalized spacial score (nSPS) is 31.7. The van der Waals surface area contributed by atoms with Crippen LogP contribution in [-0.2, 0) is 4.79 Å². The molecule has 6 nitrogen and oxygen atoms in total. The molecule has 2 N–H and O–H groups in total. The number of halogens is 1. The number of nitrogens with zero attached hydrogens (tertiary/aromatic N) is 2. The SMILES string of the molecule is CC(C)(C)[N+]1(C(=O)O)CCC(O)(CN(C(=O)CCl)C2CC2)CC1. The molecule has 1 aliphatic heterocycles. The standard InChI is InChI=1S/C16H27ClN2O4/c1-15(2,3)19(14(21)22)8-6-16(23,7-9-19)11-18(12-4-5-12)13(20)10-17/h12,23H,4-11H2,1-3H3/p+1. The van der Waals surface area contributed by atoms with Crippen molar-refractivity contribution in [2.45, 2.75) is 63.6 Å². The minimum Gasteiger partial charge on any atom is -0.435 e. The Balaban J connectivity index is 2.09. The van der Waals surface area contributed by atoms with E-state index in [9.17, 15) is 19.8 Å². The lowest BCUT2D eigenvalue weighted by Gasteiger charge is -2.50. The summed E-state index contributed by atoms with van der Waals surface area (Å²) in [5.41, 5.74) is -1.46. The molecule has 0 bridgehead atoms. The molecule has 1 saturated carbocycles. The fourth-order valence-corrected chi connectivity index (χ4v) is 3.70. The van der Waals surface area contributed by atoms with Gasteiger partial charge in [0.05, 0.1) is 25.2 Å². The molecule has 0 aromatic rings. The van der Waals surface area contributed by atoms with Crippen LogP contribution in [0.4, 0.5) is 4.79 Å². The summed E-state index contributed by atoms with van der Waals surface area (Å²) in [5.74, 6) is -0.230. The maximum atomic E-state index is 12.0. The van der Waals surface area contributed by atoms with Crippen molar-refractivity contribution in [2.75, 3.05) is 25.5 Å². The Morgan fingerprint density at radius 3 is 2.13 bits per heavy atom. The molecule has 1 aliphatic carbocycles. The van der Waals surface area contributed by atoms with Gasteiger partial charge >= 0.3 is 6.09 Å². The highest BCUT2D eigenvalue weighted by molar-refractivity contribution is 6.27. The van der Waals surface area contributed by atoms with E-state index >= 15 is 0 Å². The van der Waals surface area contributed by atoms with Crippen molar-refractivity contribution in [1.29, 1.82) is 0 Å². The number of likely N-dealkylation sites (tertiary alicyclic amines) is 1. The van der Waals surface area contributed by atoms with Crippen LogP contribution >= 0.6 is 11.6 Å². The highest BCUT2D eigenvalue weighted by Crippen LogP contribution is 2.37. The fraction of sp³-hybridized carbons (Fsp3) is 0.875. The molecule has 0 aromatic heterocycles. The van der Waals surface area contributed by atoms with Crippen molar-refractivity contribution in [3.63, 3.8) is 0 Å². The highest BCUT2D eigenvalue weighted by Gasteiger charge is 2.54. The number of rotatable bonds is 4. The lowest BCUT2D eigenvalue weighted by molar-refractivity contribution is -0.910. The number of carboxylic acid groups (broad SMARTS) is 1. The largest absolute Gasteiger partial charge is 0.513 e. The molecule has 0 unspecified atom stereocenters. The van der Waals surface area contributed by atoms with Gasteiger partial charge in [0.2, 0.25) is 5.91 Å². The van der Waals surface area contributed by atoms with Crippen molar-refractivity contribution in [3.8, 4) is 0 Å². The van der Waals surface area contributed by atoms with Crippen LogP contribution in [0.5, 0.6) is 0 Å². The summed E-state index contributed by atoms with van der Waals surface area (Å²) in [5, 5.41) is 20.6. The van der Waals surface area contributed by atoms with Gasteiger partial charge < -0.3 is 15.1 Å². The van der Waals surface area contributed by atoms with Crippen molar-refractivity contribution in [1.82, 2.24) is 4.90 Å². The van der Waals surface area contributed by atoms with Gasteiger partial charge in [-0.15, -0.1) is 11.6 Å². The van der Waals surface area contributed by atoms with Gasteiger partial charge in [0.25, 0.3) is 0 Å². The smallest absolute Gasteiger partial charge is 0.435 e. The average Bonchev–Trinajstić information content (AvgIpc) is 3.28. The first-order valence-electron chi connectivity index (χ1n) is 8.23. The number of hydrogen-bond donors (Lipinski definition) is 2. The summed E-state index contributed by atoms with van der Waals surface area (Å²) in [7, 11) is 0. The van der Waals surface area contributed by atoms with Crippen LogP contribution in [0.15, 0.2) is 0 Å². The van der Waals surface area contributed by atoms with Gasteiger partial charge in [0.1, 0.15) is 11.4 Å². The molecule has 7 heteroatoms. The molecule has 2 aliphatic rings. The summed E-state index contributed by atoms with van der Waals surface area (Å²) in [6, 6.07) is 0.188. The molecule has 2 fully saturated rings. The molecule has 0 aromatic carbocycles. The number of quaternary nitrogens is 1. The van der Waals surface area contributed by atoms with Crippen LogP contribution < -0.4 is 0 Å². The van der Waals surface area contributed by atoms with Gasteiger partial charge in [-0.2, -0.15) is 4.79 Å². The van der Waals surface area contributed by atoms with Gasteiger partial charge in [0, 0.05) is 18.9 Å². The van der Waals surface area contributed by atoms with E-state index < -0.39 is 17.2 Å². The van der Waals surface area contributed by atoms with E-state index in [4.69, 9.17) is 11.6 Å². The number of carbonyl (C=O) groups excluding carboxylic acids is 1. The van der Waals surface area contributed by atoms with E-state index in [1.807, 2.05) is 20.8 Å². The molecule has 2 rings (SSSR count). The summed E-state index contributed by atoms with van der Waals surface area (Å²) < 4.78 is -0.0534. The van der Waals surface area contributed by atoms with Crippen LogP contribution in [0.3, 0.4) is 0 Å². The zero-order chi connectivity index (χ0) is 17.5. The van der Waals surface area contributed by atoms with E-state index in [-0.39, 0.29) is 28.9 Å². The van der Waals surface area contributed by atoms with E-state index in [1.165, 1.54) is 0 Å². The molecule has 132 valence electrons. The third-order valence-electron chi connectivity index (χ3n) is 5.45. The Labute approximate surface area is 142 Å². The fourth-order valence-electron chi connectivity index (χ4n) is 3.54. The predicted molar refractivity (Wildman–Crippen MR) is 87.4 cm³/mol. The van der Waals surface area contributed by atoms with Gasteiger partial charge in [-0.05, 0) is 33.6 Å². The lowest BCUT2D eigenvalue weighted by Crippen LogP contribution is -2.69. The summed E-state index contributed by atoms with van der Waals surface area (Å²) >= 11 is 5.67. The second kappa shape index (κ2) is 6.22. The average molecular weight is 348 g/mol. The van der Waals surface area contributed by atoms with Crippen molar-refractivity contribution < 1.29 is 24.3 Å². The second-order valence-corrected chi connectivity index (χ2v) is 8.25. The van der Waals surface area contributed by atoms with Crippen molar-refractivity contribution >= 4 is 23.6 Å². The highest BCUT2D eigenvalue weighted by atomic mass is 35.5. The van der Waals surface area contributed by atoms with Crippen LogP contribution in [0.1, 0.15) is 46.5 Å². The number of aliphatic hydroxyl groups is 1. The molecule has 0 spiro atoms. The minimum absolute atomic E-state index is 0.0534. The van der Waals surface area contributed by atoms with Crippen LogP contribution in [0.2, 0.25) is 0 Å². The zero-order valence-corrected chi connectivity index (χ0v) is 15.0. The Morgan fingerprint density at radius 1 is 1.26 bits per heavy atom. The Morgan fingerprint density at radius 2 is 1.78 bits per heavy atom. The van der Waals surface area contributed by atoms with E-state index in [0.717, 1.165) is 12.8 Å². The van der Waals surface area contributed by atoms with E-state index in [2.05, 4.69) is 0 Å². The Kier molecular flexibility index (Phi) is 5.00. The maximum absolute atomic E-state index is 12.0. The zero-order valence-electron chi connectivity index (χ0n) is 14.2. The molecule has 2 amide bonds. The number of piperidine rings is 1. The Hall–Kier alpha value is -0.850. The van der Waals surface area contributed by atoms with Crippen LogP contribution in [0, 0.1) is 0 Å². The van der Waals surface area contributed by atoms with Gasteiger partial charge in [0.15, 0.2) is 0 Å². The molecule has 0 radical (unpaired) electrons. The van der Waals surface area contributed by atoms with Crippen molar-refractivity contribution in [2.24, 2.45) is 0 Å². The molecule has 1 heterocycles. The third-order valence-corrected chi connectivity index (χ3v) is 5.68. The number of carbonyl (C=O) groups is 2. The first kappa shape index (κ1) is 18.5. The monoisotopic (exact) mass is 347 g/mol. The summed E-state index contributed by atoms with van der Waals surface area (Å²) in [4.78, 5) is 25.5. The lowest BCUT2D eigenvalue weighted by atomic mass is 9.85. The van der Waals surface area contributed by atoms with Crippen LogP contribution in [0.25, 0.3) is 0 Å². The van der Waals surface area contributed by atoms with Gasteiger partial charge in [-0.1, -0.05) is 0 Å². The first-order valence-corrected chi connectivity index (χ1v) is 8.77. The van der Waals surface area contributed by atoms with Crippen molar-refractivity contribution in [3.05, 3.63) is 0 Å². The number of amides is 2. The minimum atomic E-state index is -1.02. The van der Waals surface area contributed by atoms with E-state index in [0.29, 0.717) is 25.9 Å². The molecular formula is C16H28ClN2O4+. The topological polar surface area (TPSA) is 77.8 Å². The summed E-state index contributed by atoms with van der Waals surface area (Å²) in [6.07, 6.45) is 1.80. The van der Waals surface area contributed by atoms with Gasteiger partial charge in [-0.25, -0.2) is 4.48 Å². The molecule has 1 saturated heterocycles. The number of hydrogen-bond acceptors (Lipinski definition) is 3. The van der Waals surface area contributed by atoms with Crippen LogP contribution in [-0.4, -0.2) is 74.3 Å². The predicted octanol–water partition coefficient (Wildman–Crippen LogP) is 2.03. The summed E-state index contributed by atoms with van der Waals surface area (Å²) in [6.45, 7) is 6.73. The Bertz CT molecular complexity index is 477. The third kappa shape index (κ3) is 3.64. The van der Waals surface area contributed by atoms with E-state index in [1.54, 1.807) is 4.90 Å². The molecular weight excluding hydrogens is 320 g/mol. The maximum Gasteiger partial charge on any atom is 0.513 e. The first-order chi connectivity index (χ1) is 10.5. The number of alkyl halides is 1. The second-order valence-electron chi connectivity index (χ2n) is 7.98. The molecule has 23 heavy (non-hydrogen) atoms. The quantitative estimate of drug-likeness (QED) is 0.602. The molecule has 0 atom stereocenters. The van der Waals surface area contributed by atoms with Gasteiger partial charge in [-0.3, -0.25) is 4.79 Å².